The second-order valence-electron chi connectivity index (χ2n) is 5.42. The largest absolute Gasteiger partial charge is 0.480 e. The Kier molecular flexibility index (Phi) is 5.67. The first-order chi connectivity index (χ1) is 10.1. The molecule has 2 rings (SSSR count). The van der Waals surface area contributed by atoms with Crippen molar-refractivity contribution in [2.75, 3.05) is 5.32 Å². The van der Waals surface area contributed by atoms with Crippen molar-refractivity contribution in [3.05, 3.63) is 24.3 Å². The van der Waals surface area contributed by atoms with Crippen LogP contribution in [0.4, 0.5) is 5.69 Å². The number of para-hydroxylation sites is 1. The highest BCUT2D eigenvalue weighted by Crippen LogP contribution is 2.32. The normalized spacial score (nSPS) is 17.2. The molecule has 1 aliphatic carbocycles. The smallest absolute Gasteiger partial charge is 0.316 e. The SMILES string of the molecule is CC(Sc1ccccc1NC(=O)C1CCCCC1)C(=O)O. The van der Waals surface area contributed by atoms with Crippen LogP contribution in [-0.2, 0) is 9.59 Å². The summed E-state index contributed by atoms with van der Waals surface area (Å²) in [5, 5.41) is 11.4. The van der Waals surface area contributed by atoms with Gasteiger partial charge in [0.1, 0.15) is 5.25 Å². The maximum atomic E-state index is 12.3. The van der Waals surface area contributed by atoms with Crippen LogP contribution in [0.5, 0.6) is 0 Å². The van der Waals surface area contributed by atoms with Gasteiger partial charge < -0.3 is 10.4 Å². The monoisotopic (exact) mass is 307 g/mol. The van der Waals surface area contributed by atoms with Crippen molar-refractivity contribution in [3.8, 4) is 0 Å². The third-order valence-electron chi connectivity index (χ3n) is 3.77. The zero-order chi connectivity index (χ0) is 15.2. The van der Waals surface area contributed by atoms with Crippen LogP contribution in [0.25, 0.3) is 0 Å². The molecule has 114 valence electrons. The van der Waals surface area contributed by atoms with E-state index in [2.05, 4.69) is 5.32 Å². The summed E-state index contributed by atoms with van der Waals surface area (Å²) in [6.07, 6.45) is 5.35. The molecule has 1 aromatic carbocycles. The summed E-state index contributed by atoms with van der Waals surface area (Å²) in [5.74, 6) is -0.701. The fourth-order valence-electron chi connectivity index (χ4n) is 2.51. The molecule has 0 bridgehead atoms. The first-order valence-corrected chi connectivity index (χ1v) is 8.25. The lowest BCUT2D eigenvalue weighted by Crippen LogP contribution is -2.25. The predicted octanol–water partition coefficient (Wildman–Crippen LogP) is 3.77. The lowest BCUT2D eigenvalue weighted by atomic mass is 9.88. The molecule has 1 aliphatic rings. The predicted molar refractivity (Wildman–Crippen MR) is 84.6 cm³/mol. The van der Waals surface area contributed by atoms with Gasteiger partial charge in [-0.1, -0.05) is 31.4 Å². The van der Waals surface area contributed by atoms with Crippen LogP contribution in [0.1, 0.15) is 39.0 Å². The summed E-state index contributed by atoms with van der Waals surface area (Å²) in [6.45, 7) is 1.65. The second kappa shape index (κ2) is 7.50. The zero-order valence-electron chi connectivity index (χ0n) is 12.2. The summed E-state index contributed by atoms with van der Waals surface area (Å²) >= 11 is 1.25. The number of carbonyl (C=O) groups is 2. The topological polar surface area (TPSA) is 66.4 Å². The van der Waals surface area contributed by atoms with E-state index in [1.165, 1.54) is 18.2 Å². The van der Waals surface area contributed by atoms with E-state index in [0.29, 0.717) is 5.69 Å². The number of hydrogen-bond acceptors (Lipinski definition) is 3. The summed E-state index contributed by atoms with van der Waals surface area (Å²) in [6, 6.07) is 7.39. The highest BCUT2D eigenvalue weighted by Gasteiger charge is 2.22. The minimum atomic E-state index is -0.853. The summed E-state index contributed by atoms with van der Waals surface area (Å²) in [7, 11) is 0. The molecule has 0 saturated heterocycles. The van der Waals surface area contributed by atoms with Crippen molar-refractivity contribution in [2.24, 2.45) is 5.92 Å². The van der Waals surface area contributed by atoms with Crippen molar-refractivity contribution in [2.45, 2.75) is 49.2 Å². The third-order valence-corrected chi connectivity index (χ3v) is 4.94. The molecule has 0 aliphatic heterocycles. The van der Waals surface area contributed by atoms with Crippen molar-refractivity contribution < 1.29 is 14.7 Å². The van der Waals surface area contributed by atoms with Crippen LogP contribution in [0.3, 0.4) is 0 Å². The van der Waals surface area contributed by atoms with Gasteiger partial charge in [0.15, 0.2) is 0 Å². The van der Waals surface area contributed by atoms with E-state index < -0.39 is 11.2 Å². The fourth-order valence-corrected chi connectivity index (χ4v) is 3.40. The number of carboxylic acids is 1. The molecule has 21 heavy (non-hydrogen) atoms. The van der Waals surface area contributed by atoms with E-state index in [1.807, 2.05) is 24.3 Å². The van der Waals surface area contributed by atoms with Gasteiger partial charge in [0.25, 0.3) is 0 Å². The molecular formula is C16H21NO3S. The number of amides is 1. The lowest BCUT2D eigenvalue weighted by molar-refractivity contribution is -0.136. The number of hydrogen-bond donors (Lipinski definition) is 2. The number of anilines is 1. The number of carbonyl (C=O) groups excluding carboxylic acids is 1. The van der Waals surface area contributed by atoms with E-state index in [-0.39, 0.29) is 11.8 Å². The quantitative estimate of drug-likeness (QED) is 0.813. The van der Waals surface area contributed by atoms with Gasteiger partial charge >= 0.3 is 5.97 Å². The summed E-state index contributed by atoms with van der Waals surface area (Å²) in [5.41, 5.74) is 0.714. The lowest BCUT2D eigenvalue weighted by Gasteiger charge is -2.21. The average Bonchev–Trinajstić information content (AvgIpc) is 2.50. The Labute approximate surface area is 129 Å². The van der Waals surface area contributed by atoms with Gasteiger partial charge in [-0.05, 0) is 31.9 Å². The summed E-state index contributed by atoms with van der Waals surface area (Å²) in [4.78, 5) is 24.1. The van der Waals surface area contributed by atoms with Crippen LogP contribution in [0, 0.1) is 5.92 Å². The van der Waals surface area contributed by atoms with E-state index in [1.54, 1.807) is 6.92 Å². The molecule has 1 amide bonds. The Bertz CT molecular complexity index is 512. The zero-order valence-corrected chi connectivity index (χ0v) is 13.0. The number of rotatable bonds is 5. The van der Waals surface area contributed by atoms with Crippen LogP contribution in [0.15, 0.2) is 29.2 Å². The van der Waals surface area contributed by atoms with Crippen LogP contribution in [0.2, 0.25) is 0 Å². The van der Waals surface area contributed by atoms with E-state index in [0.717, 1.165) is 30.6 Å². The Morgan fingerprint density at radius 3 is 2.57 bits per heavy atom. The number of nitrogens with one attached hydrogen (secondary N) is 1. The Hall–Kier alpha value is -1.49. The number of benzene rings is 1. The van der Waals surface area contributed by atoms with Gasteiger partial charge in [-0.15, -0.1) is 11.8 Å². The molecule has 2 N–H and O–H groups in total. The van der Waals surface area contributed by atoms with Crippen LogP contribution < -0.4 is 5.32 Å². The molecule has 0 spiro atoms. The molecular weight excluding hydrogens is 286 g/mol. The molecule has 1 fully saturated rings. The maximum absolute atomic E-state index is 12.3. The van der Waals surface area contributed by atoms with Crippen LogP contribution >= 0.6 is 11.8 Å². The van der Waals surface area contributed by atoms with Crippen LogP contribution in [-0.4, -0.2) is 22.2 Å². The van der Waals surface area contributed by atoms with E-state index in [9.17, 15) is 9.59 Å². The highest BCUT2D eigenvalue weighted by atomic mass is 32.2. The standard InChI is InChI=1S/C16H21NO3S/c1-11(16(19)20)21-14-10-6-5-9-13(14)17-15(18)12-7-3-2-4-8-12/h5-6,9-12H,2-4,7-8H2,1H3,(H,17,18)(H,19,20). The third kappa shape index (κ3) is 4.49. The number of carboxylic acid groups (broad SMARTS) is 1. The van der Waals surface area contributed by atoms with Gasteiger partial charge in [0.2, 0.25) is 5.91 Å². The van der Waals surface area contributed by atoms with E-state index in [4.69, 9.17) is 5.11 Å². The molecule has 5 heteroatoms. The molecule has 0 radical (unpaired) electrons. The maximum Gasteiger partial charge on any atom is 0.316 e. The van der Waals surface area contributed by atoms with Gasteiger partial charge in [-0.25, -0.2) is 0 Å². The second-order valence-corrected chi connectivity index (χ2v) is 6.80. The number of thioether (sulfide) groups is 1. The Morgan fingerprint density at radius 1 is 1.24 bits per heavy atom. The van der Waals surface area contributed by atoms with Gasteiger partial charge in [-0.2, -0.15) is 0 Å². The molecule has 1 unspecified atom stereocenters. The van der Waals surface area contributed by atoms with Crippen molar-refractivity contribution in [1.29, 1.82) is 0 Å². The molecule has 1 aromatic rings. The summed E-state index contributed by atoms with van der Waals surface area (Å²) < 4.78 is 0. The minimum Gasteiger partial charge on any atom is -0.480 e. The van der Waals surface area contributed by atoms with Gasteiger partial charge in [-0.3, -0.25) is 9.59 Å². The highest BCUT2D eigenvalue weighted by molar-refractivity contribution is 8.00. The van der Waals surface area contributed by atoms with Gasteiger partial charge in [0.05, 0.1) is 5.69 Å². The number of aliphatic carboxylic acids is 1. The van der Waals surface area contributed by atoms with Gasteiger partial charge in [0, 0.05) is 10.8 Å². The van der Waals surface area contributed by atoms with Crippen molar-refractivity contribution >= 4 is 29.3 Å². The average molecular weight is 307 g/mol. The first kappa shape index (κ1) is 15.9. The molecule has 0 aromatic heterocycles. The molecule has 1 atom stereocenters. The minimum absolute atomic E-state index is 0.0609. The molecule has 4 nitrogen and oxygen atoms in total. The fraction of sp³-hybridized carbons (Fsp3) is 0.500. The molecule has 0 heterocycles. The molecule has 1 saturated carbocycles. The first-order valence-electron chi connectivity index (χ1n) is 7.37. The van der Waals surface area contributed by atoms with Crippen molar-refractivity contribution in [1.82, 2.24) is 0 Å². The van der Waals surface area contributed by atoms with E-state index >= 15 is 0 Å². The Morgan fingerprint density at radius 2 is 1.90 bits per heavy atom. The van der Waals surface area contributed by atoms with Crippen molar-refractivity contribution in [3.63, 3.8) is 0 Å². The Balaban J connectivity index is 2.05.